The van der Waals surface area contributed by atoms with E-state index in [1.54, 1.807) is 0 Å². The van der Waals surface area contributed by atoms with Gasteiger partial charge in [-0.15, -0.1) is 0 Å². The second-order valence-corrected chi connectivity index (χ2v) is 6.82. The molecule has 0 amide bonds. The third kappa shape index (κ3) is 6.64. The number of ether oxygens (including phenoxy) is 2. The fourth-order valence-corrected chi connectivity index (χ4v) is 3.24. The second kappa shape index (κ2) is 11.2. The van der Waals surface area contributed by atoms with Crippen LogP contribution in [0.3, 0.4) is 0 Å². The van der Waals surface area contributed by atoms with E-state index in [1.807, 2.05) is 18.2 Å². The third-order valence-electron chi connectivity index (χ3n) is 4.78. The van der Waals surface area contributed by atoms with Crippen LogP contribution in [0.15, 0.2) is 30.3 Å². The fourth-order valence-electron chi connectivity index (χ4n) is 3.24. The van der Waals surface area contributed by atoms with Gasteiger partial charge in [0.2, 0.25) is 0 Å². The van der Waals surface area contributed by atoms with Crippen molar-refractivity contribution in [1.29, 1.82) is 0 Å². The Morgan fingerprint density at radius 1 is 0.958 bits per heavy atom. The highest BCUT2D eigenvalue weighted by Gasteiger charge is 2.40. The number of carbonyl (C=O) groups excluding carboxylic acids is 1. The van der Waals surface area contributed by atoms with E-state index >= 15 is 0 Å². The molecule has 0 bridgehead atoms. The van der Waals surface area contributed by atoms with E-state index in [1.165, 1.54) is 24.8 Å². The van der Waals surface area contributed by atoms with Crippen LogP contribution in [0.4, 0.5) is 0 Å². The Morgan fingerprint density at radius 3 is 2.46 bits per heavy atom. The van der Waals surface area contributed by atoms with Gasteiger partial charge in [0.25, 0.3) is 0 Å². The molecular formula is C21H32O3. The number of hydrogen-bond donors (Lipinski definition) is 0. The summed E-state index contributed by atoms with van der Waals surface area (Å²) in [5, 5.41) is 0. The van der Waals surface area contributed by atoms with Crippen molar-refractivity contribution in [1.82, 2.24) is 0 Å². The molecule has 0 unspecified atom stereocenters. The Bertz CT molecular complexity index is 457. The quantitative estimate of drug-likeness (QED) is 0.364. The van der Waals surface area contributed by atoms with Crippen LogP contribution in [0.2, 0.25) is 0 Å². The molecule has 1 aromatic rings. The Morgan fingerprint density at radius 2 is 1.71 bits per heavy atom. The maximum atomic E-state index is 11.6. The van der Waals surface area contributed by atoms with Gasteiger partial charge in [-0.25, -0.2) is 0 Å². The molecule has 24 heavy (non-hydrogen) atoms. The minimum Gasteiger partial charge on any atom is -0.461 e. The van der Waals surface area contributed by atoms with E-state index in [-0.39, 0.29) is 18.0 Å². The molecule has 0 radical (unpaired) electrons. The molecule has 2 rings (SSSR count). The van der Waals surface area contributed by atoms with Crippen molar-refractivity contribution < 1.29 is 14.3 Å². The second-order valence-electron chi connectivity index (χ2n) is 6.82. The molecule has 0 saturated carbocycles. The van der Waals surface area contributed by atoms with Crippen molar-refractivity contribution in [3.05, 3.63) is 35.9 Å². The van der Waals surface area contributed by atoms with Gasteiger partial charge in [0.15, 0.2) is 0 Å². The number of benzene rings is 1. The Balaban J connectivity index is 1.46. The molecule has 0 spiro atoms. The molecule has 1 saturated heterocycles. The maximum Gasteiger partial charge on any atom is 0.313 e. The maximum absolute atomic E-state index is 11.6. The van der Waals surface area contributed by atoms with Gasteiger partial charge >= 0.3 is 5.97 Å². The van der Waals surface area contributed by atoms with Crippen molar-refractivity contribution in [3.8, 4) is 0 Å². The average Bonchev–Trinajstić information content (AvgIpc) is 2.60. The molecule has 134 valence electrons. The lowest BCUT2D eigenvalue weighted by Crippen LogP contribution is -2.44. The van der Waals surface area contributed by atoms with Crippen LogP contribution in [0.5, 0.6) is 0 Å². The smallest absolute Gasteiger partial charge is 0.313 e. The SMILES string of the molecule is CCCCCC[C@@H]1C(=O)O[C@H]1CCCCCOCc1ccccc1. The molecule has 0 N–H and O–H groups in total. The molecule has 3 nitrogen and oxygen atoms in total. The Kier molecular flexibility index (Phi) is 8.90. The minimum absolute atomic E-state index is 0.0303. The topological polar surface area (TPSA) is 35.5 Å². The molecule has 1 aliphatic heterocycles. The molecule has 3 heteroatoms. The lowest BCUT2D eigenvalue weighted by Gasteiger charge is -2.35. The Labute approximate surface area is 146 Å². The number of hydrogen-bond acceptors (Lipinski definition) is 3. The molecular weight excluding hydrogens is 300 g/mol. The number of esters is 1. The van der Waals surface area contributed by atoms with Crippen molar-refractivity contribution in [2.45, 2.75) is 77.4 Å². The van der Waals surface area contributed by atoms with Gasteiger partial charge in [-0.1, -0.05) is 69.4 Å². The summed E-state index contributed by atoms with van der Waals surface area (Å²) in [6.45, 7) is 3.71. The highest BCUT2D eigenvalue weighted by Crippen LogP contribution is 2.31. The van der Waals surface area contributed by atoms with E-state index in [0.717, 1.165) is 45.1 Å². The lowest BCUT2D eigenvalue weighted by molar-refractivity contribution is -0.186. The fraction of sp³-hybridized carbons (Fsp3) is 0.667. The molecule has 0 aromatic heterocycles. The van der Waals surface area contributed by atoms with E-state index < -0.39 is 0 Å². The zero-order chi connectivity index (χ0) is 17.0. The predicted molar refractivity (Wildman–Crippen MR) is 96.7 cm³/mol. The zero-order valence-electron chi connectivity index (χ0n) is 15.0. The summed E-state index contributed by atoms with van der Waals surface area (Å²) < 4.78 is 11.0. The summed E-state index contributed by atoms with van der Waals surface area (Å²) in [5.74, 6) is 0.207. The monoisotopic (exact) mass is 332 g/mol. The normalized spacial score (nSPS) is 19.8. The number of cyclic esters (lactones) is 1. The van der Waals surface area contributed by atoms with Crippen molar-refractivity contribution in [2.75, 3.05) is 6.61 Å². The largest absolute Gasteiger partial charge is 0.461 e. The molecule has 2 atom stereocenters. The van der Waals surface area contributed by atoms with Crippen LogP contribution in [0.25, 0.3) is 0 Å². The van der Waals surface area contributed by atoms with E-state index in [0.29, 0.717) is 6.61 Å². The van der Waals surface area contributed by atoms with Gasteiger partial charge in [-0.3, -0.25) is 4.79 Å². The summed E-state index contributed by atoms with van der Waals surface area (Å²) in [5.41, 5.74) is 1.23. The van der Waals surface area contributed by atoms with Crippen LogP contribution < -0.4 is 0 Å². The van der Waals surface area contributed by atoms with E-state index in [9.17, 15) is 4.79 Å². The van der Waals surface area contributed by atoms with Gasteiger partial charge in [-0.2, -0.15) is 0 Å². The number of carbonyl (C=O) groups is 1. The van der Waals surface area contributed by atoms with Gasteiger partial charge in [-0.05, 0) is 31.2 Å². The summed E-state index contributed by atoms with van der Waals surface area (Å²) in [6, 6.07) is 10.3. The summed E-state index contributed by atoms with van der Waals surface area (Å²) in [4.78, 5) is 11.6. The van der Waals surface area contributed by atoms with Gasteiger partial charge in [0.1, 0.15) is 6.10 Å². The first kappa shape index (κ1) is 19.0. The molecule has 1 aromatic carbocycles. The van der Waals surface area contributed by atoms with Crippen LogP contribution in [0, 0.1) is 5.92 Å². The highest BCUT2D eigenvalue weighted by atomic mass is 16.6. The van der Waals surface area contributed by atoms with Crippen molar-refractivity contribution >= 4 is 5.97 Å². The summed E-state index contributed by atoms with van der Waals surface area (Å²) in [7, 11) is 0. The Hall–Kier alpha value is -1.35. The molecule has 1 heterocycles. The van der Waals surface area contributed by atoms with Crippen molar-refractivity contribution in [2.24, 2.45) is 5.92 Å². The van der Waals surface area contributed by atoms with E-state index in [2.05, 4.69) is 19.1 Å². The predicted octanol–water partition coefficient (Wildman–Crippen LogP) is 5.28. The molecule has 0 aliphatic carbocycles. The molecule has 1 fully saturated rings. The first-order chi connectivity index (χ1) is 11.8. The minimum atomic E-state index is 0.0303. The van der Waals surface area contributed by atoms with Crippen molar-refractivity contribution in [3.63, 3.8) is 0 Å². The third-order valence-corrected chi connectivity index (χ3v) is 4.78. The zero-order valence-corrected chi connectivity index (χ0v) is 15.0. The standard InChI is InChI=1S/C21H32O3/c1-2-3-4-9-14-19-20(24-21(19)22)15-10-6-11-16-23-17-18-12-7-5-8-13-18/h5,7-8,12-13,19-20H,2-4,6,9-11,14-17H2,1H3/t19-,20-/m0/s1. The van der Waals surface area contributed by atoms with Crippen LogP contribution in [-0.4, -0.2) is 18.7 Å². The van der Waals surface area contributed by atoms with Gasteiger partial charge < -0.3 is 9.47 Å². The summed E-state index contributed by atoms with van der Waals surface area (Å²) in [6.07, 6.45) is 10.5. The van der Waals surface area contributed by atoms with Crippen LogP contribution in [-0.2, 0) is 20.9 Å². The van der Waals surface area contributed by atoms with E-state index in [4.69, 9.17) is 9.47 Å². The first-order valence-electron chi connectivity index (χ1n) is 9.63. The van der Waals surface area contributed by atoms with Gasteiger partial charge in [0, 0.05) is 6.61 Å². The summed E-state index contributed by atoms with van der Waals surface area (Å²) >= 11 is 0. The number of rotatable bonds is 13. The lowest BCUT2D eigenvalue weighted by atomic mass is 9.87. The average molecular weight is 332 g/mol. The van der Waals surface area contributed by atoms with Crippen LogP contribution >= 0.6 is 0 Å². The van der Waals surface area contributed by atoms with Crippen LogP contribution in [0.1, 0.15) is 70.3 Å². The number of unbranched alkanes of at least 4 members (excludes halogenated alkanes) is 5. The first-order valence-corrected chi connectivity index (χ1v) is 9.63. The highest BCUT2D eigenvalue weighted by molar-refractivity contribution is 5.78. The molecule has 1 aliphatic rings. The van der Waals surface area contributed by atoms with Gasteiger partial charge in [0.05, 0.1) is 12.5 Å².